The minimum absolute atomic E-state index is 0.0423. The molecule has 0 atom stereocenters. The molecule has 1 nitrogen and oxygen atoms in total. The van der Waals surface area contributed by atoms with Gasteiger partial charge in [0.2, 0.25) is 0 Å². The van der Waals surface area contributed by atoms with Gasteiger partial charge in [0, 0.05) is 32.9 Å². The van der Waals surface area contributed by atoms with Gasteiger partial charge in [-0.05, 0) is 109 Å². The van der Waals surface area contributed by atoms with Crippen molar-refractivity contribution in [3.63, 3.8) is 0 Å². The lowest BCUT2D eigenvalue weighted by atomic mass is 9.68. The summed E-state index contributed by atoms with van der Waals surface area (Å²) in [6.45, 7) is 9.52. The third-order valence-electron chi connectivity index (χ3n) is 15.3. The van der Waals surface area contributed by atoms with Crippen LogP contribution in [0.1, 0.15) is 93.2 Å². The number of benzene rings is 8. The maximum Gasteiger partial charge on any atom is 0.0543 e. The highest BCUT2D eigenvalue weighted by atomic mass is 15.2. The van der Waals surface area contributed by atoms with Gasteiger partial charge in [0.1, 0.15) is 0 Å². The molecule has 1 saturated carbocycles. The van der Waals surface area contributed by atoms with E-state index in [1.807, 2.05) is 0 Å². The summed E-state index contributed by atoms with van der Waals surface area (Å²) in [4.78, 5) is 2.64. The molecular formula is C60H51N. The van der Waals surface area contributed by atoms with Gasteiger partial charge in [-0.2, -0.15) is 0 Å². The van der Waals surface area contributed by atoms with Crippen molar-refractivity contribution in [2.45, 2.75) is 76.0 Å². The Morgan fingerprint density at radius 1 is 0.328 bits per heavy atom. The molecule has 0 aromatic heterocycles. The van der Waals surface area contributed by atoms with Crippen molar-refractivity contribution in [1.82, 2.24) is 0 Å². The first-order chi connectivity index (χ1) is 29.8. The Morgan fingerprint density at radius 2 is 0.803 bits per heavy atom. The summed E-state index contributed by atoms with van der Waals surface area (Å²) < 4.78 is 0. The largest absolute Gasteiger partial charge is 0.309 e. The molecule has 0 unspecified atom stereocenters. The second-order valence-corrected chi connectivity index (χ2v) is 19.1. The van der Waals surface area contributed by atoms with Gasteiger partial charge in [0.15, 0.2) is 0 Å². The number of rotatable bonds is 5. The zero-order valence-corrected chi connectivity index (χ0v) is 35.7. The van der Waals surface area contributed by atoms with Crippen molar-refractivity contribution in [3.8, 4) is 55.6 Å². The molecule has 1 heteroatoms. The molecular weight excluding hydrogens is 735 g/mol. The summed E-state index contributed by atoms with van der Waals surface area (Å²) in [5, 5.41) is 0. The van der Waals surface area contributed by atoms with Gasteiger partial charge in [-0.3, -0.25) is 0 Å². The maximum absolute atomic E-state index is 2.64. The second kappa shape index (κ2) is 13.3. The van der Waals surface area contributed by atoms with Crippen molar-refractivity contribution >= 4 is 17.1 Å². The highest BCUT2D eigenvalue weighted by Crippen LogP contribution is 2.61. The summed E-state index contributed by atoms with van der Waals surface area (Å²) in [5.74, 6) is 0. The van der Waals surface area contributed by atoms with Gasteiger partial charge in [0.25, 0.3) is 0 Å². The number of hydrogen-bond acceptors (Lipinski definition) is 1. The fourth-order valence-electron chi connectivity index (χ4n) is 12.4. The van der Waals surface area contributed by atoms with Gasteiger partial charge < -0.3 is 4.90 Å². The first-order valence-corrected chi connectivity index (χ1v) is 22.5. The zero-order valence-electron chi connectivity index (χ0n) is 35.7. The Labute approximate surface area is 361 Å². The Kier molecular flexibility index (Phi) is 7.93. The van der Waals surface area contributed by atoms with E-state index in [9.17, 15) is 0 Å². The van der Waals surface area contributed by atoms with E-state index in [2.05, 4.69) is 209 Å². The maximum atomic E-state index is 2.64. The summed E-state index contributed by atoms with van der Waals surface area (Å²) in [5.41, 5.74) is 25.3. The number of nitrogens with zero attached hydrogens (tertiary/aromatic N) is 1. The third kappa shape index (κ3) is 5.07. The Hall–Kier alpha value is -6.44. The normalized spacial score (nSPS) is 16.6. The quantitative estimate of drug-likeness (QED) is 0.168. The van der Waals surface area contributed by atoms with Crippen LogP contribution in [0.2, 0.25) is 0 Å². The summed E-state index contributed by atoms with van der Waals surface area (Å²) in [6.07, 6.45) is 6.25. The third-order valence-corrected chi connectivity index (χ3v) is 15.3. The van der Waals surface area contributed by atoms with E-state index in [1.165, 1.54) is 138 Å². The summed E-state index contributed by atoms with van der Waals surface area (Å²) in [6, 6.07) is 67.3. The van der Waals surface area contributed by atoms with Crippen molar-refractivity contribution in [2.24, 2.45) is 0 Å². The zero-order chi connectivity index (χ0) is 41.1. The molecule has 1 fully saturated rings. The average Bonchev–Trinajstić information content (AvgIpc) is 3.81. The number of anilines is 3. The van der Waals surface area contributed by atoms with Gasteiger partial charge in [-0.25, -0.2) is 0 Å². The Balaban J connectivity index is 1.14. The van der Waals surface area contributed by atoms with E-state index in [-0.39, 0.29) is 16.2 Å². The van der Waals surface area contributed by atoms with Crippen molar-refractivity contribution in [2.75, 3.05) is 4.90 Å². The molecule has 0 heterocycles. The standard InChI is InChI=1S/C60H51N/c1-58(2)47-26-11-6-21-41(47)46-38-39(34-35-49(46)58)40-20-9-14-31-53(40)61(55-33-19-30-52-57(55)45-24-8-13-28-50(45)60(52)36-16-5-17-37-60)54-32-15-10-22-42(54)43-25-18-29-51-56(43)44-23-7-12-27-48(44)59(51,3)4/h6-15,18-35,38H,5,16-17,36-37H2,1-4H3. The van der Waals surface area contributed by atoms with Crippen LogP contribution in [0.4, 0.5) is 17.1 Å². The molecule has 0 N–H and O–H groups in total. The fourth-order valence-corrected chi connectivity index (χ4v) is 12.4. The van der Waals surface area contributed by atoms with Crippen molar-refractivity contribution < 1.29 is 0 Å². The number of para-hydroxylation sites is 2. The van der Waals surface area contributed by atoms with E-state index in [0.717, 1.165) is 0 Å². The van der Waals surface area contributed by atoms with Gasteiger partial charge in [-0.1, -0.05) is 199 Å². The SMILES string of the molecule is CC1(C)c2ccccc2-c2cc(-c3ccccc3N(c3ccccc3-c3cccc4c3-c3ccccc3C4(C)C)c3cccc4c3-c3ccccc3C43CCCCC3)ccc21. The highest BCUT2D eigenvalue weighted by Gasteiger charge is 2.45. The van der Waals surface area contributed by atoms with Crippen LogP contribution in [0.15, 0.2) is 176 Å². The predicted octanol–water partition coefficient (Wildman–Crippen LogP) is 16.3. The van der Waals surface area contributed by atoms with Gasteiger partial charge >= 0.3 is 0 Å². The molecule has 0 amide bonds. The van der Waals surface area contributed by atoms with Crippen LogP contribution < -0.4 is 4.90 Å². The minimum Gasteiger partial charge on any atom is -0.309 e. The molecule has 0 saturated heterocycles. The number of fused-ring (bicyclic) bond motifs is 11. The van der Waals surface area contributed by atoms with Crippen LogP contribution in [-0.4, -0.2) is 0 Å². The van der Waals surface area contributed by atoms with E-state index in [1.54, 1.807) is 0 Å². The van der Waals surface area contributed by atoms with Crippen LogP contribution in [0.25, 0.3) is 55.6 Å². The Bertz CT molecular complexity index is 3080. The lowest BCUT2D eigenvalue weighted by molar-refractivity contribution is 0.353. The van der Waals surface area contributed by atoms with Crippen LogP contribution in [-0.2, 0) is 16.2 Å². The molecule has 0 bridgehead atoms. The molecule has 0 radical (unpaired) electrons. The predicted molar refractivity (Wildman–Crippen MR) is 256 cm³/mol. The topological polar surface area (TPSA) is 3.24 Å². The Morgan fingerprint density at radius 3 is 1.54 bits per heavy atom. The molecule has 12 rings (SSSR count). The molecule has 4 aliphatic rings. The van der Waals surface area contributed by atoms with Crippen LogP contribution >= 0.6 is 0 Å². The molecule has 0 aliphatic heterocycles. The smallest absolute Gasteiger partial charge is 0.0543 e. The van der Waals surface area contributed by atoms with Crippen molar-refractivity contribution in [3.05, 3.63) is 209 Å². The van der Waals surface area contributed by atoms with Gasteiger partial charge in [0.05, 0.1) is 17.1 Å². The van der Waals surface area contributed by atoms with E-state index < -0.39 is 0 Å². The fraction of sp³-hybridized carbons (Fsp3) is 0.200. The monoisotopic (exact) mass is 785 g/mol. The summed E-state index contributed by atoms with van der Waals surface area (Å²) in [7, 11) is 0. The lowest BCUT2D eigenvalue weighted by Gasteiger charge is -2.36. The van der Waals surface area contributed by atoms with Crippen LogP contribution in [0.3, 0.4) is 0 Å². The first-order valence-electron chi connectivity index (χ1n) is 22.5. The van der Waals surface area contributed by atoms with E-state index in [4.69, 9.17) is 0 Å². The van der Waals surface area contributed by atoms with E-state index in [0.29, 0.717) is 0 Å². The van der Waals surface area contributed by atoms with E-state index >= 15 is 0 Å². The second-order valence-electron chi connectivity index (χ2n) is 19.1. The van der Waals surface area contributed by atoms with Crippen molar-refractivity contribution in [1.29, 1.82) is 0 Å². The lowest BCUT2D eigenvalue weighted by Crippen LogP contribution is -2.28. The van der Waals surface area contributed by atoms with Gasteiger partial charge in [-0.15, -0.1) is 0 Å². The highest BCUT2D eigenvalue weighted by molar-refractivity contribution is 6.03. The first kappa shape index (κ1) is 36.4. The minimum atomic E-state index is -0.0950. The van der Waals surface area contributed by atoms with Crippen LogP contribution in [0.5, 0.6) is 0 Å². The molecule has 8 aromatic carbocycles. The van der Waals surface area contributed by atoms with Crippen LogP contribution in [0, 0.1) is 0 Å². The summed E-state index contributed by atoms with van der Waals surface area (Å²) >= 11 is 0. The molecule has 4 aliphatic carbocycles. The molecule has 8 aromatic rings. The average molecular weight is 786 g/mol. The molecule has 61 heavy (non-hydrogen) atoms. The number of hydrogen-bond donors (Lipinski definition) is 0. The molecule has 1 spiro atoms. The molecule has 296 valence electrons.